The van der Waals surface area contributed by atoms with Gasteiger partial charge in [-0.25, -0.2) is 4.39 Å². The lowest BCUT2D eigenvalue weighted by molar-refractivity contribution is 0.0673. The molecule has 3 nitrogen and oxygen atoms in total. The number of aromatic nitrogens is 1. The van der Waals surface area contributed by atoms with Crippen molar-refractivity contribution in [3.8, 4) is 0 Å². The molecule has 2 atom stereocenters. The molecule has 0 aliphatic carbocycles. The van der Waals surface area contributed by atoms with E-state index in [1.807, 2.05) is 48.1 Å². The highest BCUT2D eigenvalue weighted by Gasteiger charge is 2.34. The van der Waals surface area contributed by atoms with E-state index < -0.39 is 0 Å². The van der Waals surface area contributed by atoms with Gasteiger partial charge >= 0.3 is 0 Å². The van der Waals surface area contributed by atoms with Gasteiger partial charge < -0.3 is 9.47 Å². The fraction of sp³-hybridized carbons (Fsp3) is 0.348. The summed E-state index contributed by atoms with van der Waals surface area (Å²) in [4.78, 5) is 15.3. The zero-order valence-electron chi connectivity index (χ0n) is 15.9. The van der Waals surface area contributed by atoms with E-state index in [4.69, 9.17) is 0 Å². The van der Waals surface area contributed by atoms with Crippen LogP contribution in [0.15, 0.2) is 54.7 Å². The Morgan fingerprint density at radius 2 is 1.89 bits per heavy atom. The highest BCUT2D eigenvalue weighted by atomic mass is 19.1. The average Bonchev–Trinajstić information content (AvgIpc) is 3.23. The summed E-state index contributed by atoms with van der Waals surface area (Å²) >= 11 is 0. The van der Waals surface area contributed by atoms with E-state index in [0.717, 1.165) is 47.7 Å². The summed E-state index contributed by atoms with van der Waals surface area (Å²) in [6.07, 6.45) is 5.85. The van der Waals surface area contributed by atoms with Gasteiger partial charge in [0.25, 0.3) is 5.91 Å². The molecule has 1 aromatic heterocycles. The molecule has 2 heterocycles. The lowest BCUT2D eigenvalue weighted by Gasteiger charge is -2.29. The summed E-state index contributed by atoms with van der Waals surface area (Å²) in [6, 6.07) is 15.2. The van der Waals surface area contributed by atoms with Crippen molar-refractivity contribution in [1.82, 2.24) is 9.47 Å². The summed E-state index contributed by atoms with van der Waals surface area (Å²) in [7, 11) is 2.00. The summed E-state index contributed by atoms with van der Waals surface area (Å²) in [5.74, 6) is -0.0895. The molecule has 140 valence electrons. The normalized spacial score (nSPS) is 19.7. The average molecular weight is 364 g/mol. The standard InChI is InChI=1S/C23H25FN2O/c1-16-3-11-21(12-6-17-4-9-20(24)10-5-17)26(16)23(27)19-8-7-18-13-14-25(2)22(18)15-19/h4-5,7-10,13-16,21H,3,6,11-12H2,1-2H3/t16-,21-/m1/s1. The number of halogens is 1. The Morgan fingerprint density at radius 3 is 2.67 bits per heavy atom. The van der Waals surface area contributed by atoms with E-state index in [-0.39, 0.29) is 23.8 Å². The van der Waals surface area contributed by atoms with Crippen molar-refractivity contribution in [2.24, 2.45) is 7.05 Å². The van der Waals surface area contributed by atoms with Gasteiger partial charge in [0.05, 0.1) is 0 Å². The number of aryl methyl sites for hydroxylation is 2. The van der Waals surface area contributed by atoms with Crippen LogP contribution in [0.2, 0.25) is 0 Å². The number of amides is 1. The predicted octanol–water partition coefficient (Wildman–Crippen LogP) is 4.94. The second-order valence-corrected chi connectivity index (χ2v) is 7.66. The van der Waals surface area contributed by atoms with Gasteiger partial charge in [0.2, 0.25) is 0 Å². The molecular formula is C23H25FN2O. The molecular weight excluding hydrogens is 339 g/mol. The molecule has 2 aromatic carbocycles. The highest BCUT2D eigenvalue weighted by molar-refractivity contribution is 5.98. The quantitative estimate of drug-likeness (QED) is 0.643. The predicted molar refractivity (Wildman–Crippen MR) is 106 cm³/mol. The van der Waals surface area contributed by atoms with Gasteiger partial charge in [-0.15, -0.1) is 0 Å². The number of carbonyl (C=O) groups is 1. The minimum Gasteiger partial charge on any atom is -0.351 e. The molecule has 3 aromatic rings. The van der Waals surface area contributed by atoms with E-state index in [9.17, 15) is 9.18 Å². The number of hydrogen-bond donors (Lipinski definition) is 0. The second kappa shape index (κ2) is 7.18. The number of nitrogens with zero attached hydrogens (tertiary/aromatic N) is 2. The molecule has 0 radical (unpaired) electrons. The first-order valence-electron chi connectivity index (χ1n) is 9.65. The number of benzene rings is 2. The van der Waals surface area contributed by atoms with Crippen LogP contribution in [0.1, 0.15) is 42.1 Å². The lowest BCUT2D eigenvalue weighted by atomic mass is 10.0. The Bertz CT molecular complexity index is 960. The van der Waals surface area contributed by atoms with Crippen LogP contribution in [0, 0.1) is 5.82 Å². The van der Waals surface area contributed by atoms with Crippen molar-refractivity contribution >= 4 is 16.8 Å². The summed E-state index contributed by atoms with van der Waals surface area (Å²) < 4.78 is 15.1. The fourth-order valence-electron chi connectivity index (χ4n) is 4.25. The number of fused-ring (bicyclic) bond motifs is 1. The van der Waals surface area contributed by atoms with Gasteiger partial charge in [-0.2, -0.15) is 0 Å². The maximum Gasteiger partial charge on any atom is 0.254 e. The van der Waals surface area contributed by atoms with Crippen molar-refractivity contribution in [2.75, 3.05) is 0 Å². The molecule has 0 saturated carbocycles. The Morgan fingerprint density at radius 1 is 1.11 bits per heavy atom. The molecule has 4 rings (SSSR count). The molecule has 0 bridgehead atoms. The van der Waals surface area contributed by atoms with Crippen molar-refractivity contribution in [3.05, 3.63) is 71.7 Å². The molecule has 0 N–H and O–H groups in total. The molecule has 1 aliphatic heterocycles. The van der Waals surface area contributed by atoms with E-state index in [0.29, 0.717) is 0 Å². The Balaban J connectivity index is 1.52. The smallest absolute Gasteiger partial charge is 0.254 e. The number of carbonyl (C=O) groups excluding carboxylic acids is 1. The first-order valence-corrected chi connectivity index (χ1v) is 9.65. The Labute approximate surface area is 159 Å². The van der Waals surface area contributed by atoms with Crippen molar-refractivity contribution in [1.29, 1.82) is 0 Å². The van der Waals surface area contributed by atoms with Gasteiger partial charge in [-0.05, 0) is 73.9 Å². The second-order valence-electron chi connectivity index (χ2n) is 7.66. The van der Waals surface area contributed by atoms with E-state index in [1.165, 1.54) is 12.1 Å². The molecule has 1 fully saturated rings. The van der Waals surface area contributed by atoms with E-state index >= 15 is 0 Å². The largest absolute Gasteiger partial charge is 0.351 e. The van der Waals surface area contributed by atoms with E-state index in [2.05, 4.69) is 17.9 Å². The van der Waals surface area contributed by atoms with Crippen LogP contribution in [-0.4, -0.2) is 27.5 Å². The first kappa shape index (κ1) is 17.8. The Kier molecular flexibility index (Phi) is 4.73. The molecule has 0 unspecified atom stereocenters. The first-order chi connectivity index (χ1) is 13.0. The van der Waals surface area contributed by atoms with Crippen LogP contribution in [0.4, 0.5) is 4.39 Å². The third-order valence-electron chi connectivity index (χ3n) is 5.84. The summed E-state index contributed by atoms with van der Waals surface area (Å²) in [6.45, 7) is 2.14. The minimum absolute atomic E-state index is 0.118. The lowest BCUT2D eigenvalue weighted by Crippen LogP contribution is -2.40. The van der Waals surface area contributed by atoms with Crippen LogP contribution in [0.5, 0.6) is 0 Å². The van der Waals surface area contributed by atoms with Crippen LogP contribution >= 0.6 is 0 Å². The molecule has 1 saturated heterocycles. The van der Waals surface area contributed by atoms with Crippen molar-refractivity contribution in [3.63, 3.8) is 0 Å². The maximum atomic E-state index is 13.3. The van der Waals surface area contributed by atoms with Crippen LogP contribution in [0.3, 0.4) is 0 Å². The maximum absolute atomic E-state index is 13.3. The zero-order valence-corrected chi connectivity index (χ0v) is 15.9. The van der Waals surface area contributed by atoms with Crippen LogP contribution in [-0.2, 0) is 13.5 Å². The summed E-state index contributed by atoms with van der Waals surface area (Å²) in [5, 5.41) is 1.15. The third-order valence-corrected chi connectivity index (χ3v) is 5.84. The molecule has 4 heteroatoms. The van der Waals surface area contributed by atoms with Crippen LogP contribution < -0.4 is 0 Å². The fourth-order valence-corrected chi connectivity index (χ4v) is 4.25. The Hall–Kier alpha value is -2.62. The number of hydrogen-bond acceptors (Lipinski definition) is 1. The van der Waals surface area contributed by atoms with E-state index in [1.54, 1.807) is 0 Å². The highest BCUT2D eigenvalue weighted by Crippen LogP contribution is 2.30. The topological polar surface area (TPSA) is 25.2 Å². The monoisotopic (exact) mass is 364 g/mol. The molecule has 1 aliphatic rings. The molecule has 27 heavy (non-hydrogen) atoms. The van der Waals surface area contributed by atoms with Gasteiger partial charge in [-0.1, -0.05) is 18.2 Å². The van der Waals surface area contributed by atoms with Gasteiger partial charge in [0, 0.05) is 36.4 Å². The van der Waals surface area contributed by atoms with Gasteiger partial charge in [0.15, 0.2) is 0 Å². The number of rotatable bonds is 4. The number of likely N-dealkylation sites (tertiary alicyclic amines) is 1. The zero-order chi connectivity index (χ0) is 19.0. The van der Waals surface area contributed by atoms with Crippen LogP contribution in [0.25, 0.3) is 10.9 Å². The third kappa shape index (κ3) is 3.48. The van der Waals surface area contributed by atoms with Gasteiger partial charge in [0.1, 0.15) is 5.82 Å². The van der Waals surface area contributed by atoms with Crippen molar-refractivity contribution in [2.45, 2.75) is 44.7 Å². The SMILES string of the molecule is C[C@@H]1CC[C@H](CCc2ccc(F)cc2)N1C(=O)c1ccc2ccn(C)c2c1. The molecule has 1 amide bonds. The minimum atomic E-state index is -0.207. The van der Waals surface area contributed by atoms with Crippen molar-refractivity contribution < 1.29 is 9.18 Å². The summed E-state index contributed by atoms with van der Waals surface area (Å²) in [5.41, 5.74) is 2.95. The van der Waals surface area contributed by atoms with Gasteiger partial charge in [-0.3, -0.25) is 4.79 Å². The molecule has 0 spiro atoms.